The van der Waals surface area contributed by atoms with Gasteiger partial charge in [-0.15, -0.1) is 0 Å². The number of carbonyl (C=O) groups is 3. The van der Waals surface area contributed by atoms with Gasteiger partial charge in [0.2, 0.25) is 17.7 Å². The summed E-state index contributed by atoms with van der Waals surface area (Å²) in [6.07, 6.45) is 1.69. The average Bonchev–Trinajstić information content (AvgIpc) is 3.37. The van der Waals surface area contributed by atoms with Gasteiger partial charge in [-0.1, -0.05) is 42.5 Å². The van der Waals surface area contributed by atoms with Gasteiger partial charge in [0.1, 0.15) is 11.8 Å². The summed E-state index contributed by atoms with van der Waals surface area (Å²) in [5.41, 5.74) is 2.82. The smallest absolute Gasteiger partial charge is 0.249 e. The fraction of sp³-hybridized carbons (Fsp3) is 0.185. The first-order chi connectivity index (χ1) is 17.1. The summed E-state index contributed by atoms with van der Waals surface area (Å²) in [5, 5.41) is 9.10. The number of nitrogens with zero attached hydrogens (tertiary/aromatic N) is 3. The van der Waals surface area contributed by atoms with Crippen molar-refractivity contribution in [3.63, 3.8) is 0 Å². The number of anilines is 2. The molecule has 3 aromatic carbocycles. The molecule has 0 unspecified atom stereocenters. The largest absolute Gasteiger partial charge is 0.497 e. The van der Waals surface area contributed by atoms with Crippen LogP contribution in [0.3, 0.4) is 0 Å². The van der Waals surface area contributed by atoms with Crippen LogP contribution in [0.1, 0.15) is 17.2 Å². The van der Waals surface area contributed by atoms with Gasteiger partial charge in [-0.2, -0.15) is 5.10 Å². The third kappa shape index (κ3) is 3.21. The highest BCUT2D eigenvalue weighted by Crippen LogP contribution is 2.52. The highest BCUT2D eigenvalue weighted by Gasteiger charge is 2.65. The number of hydrazone groups is 1. The molecule has 8 heteroatoms. The van der Waals surface area contributed by atoms with Gasteiger partial charge >= 0.3 is 0 Å². The zero-order valence-corrected chi connectivity index (χ0v) is 18.9. The zero-order chi connectivity index (χ0) is 24.1. The molecule has 35 heavy (non-hydrogen) atoms. The van der Waals surface area contributed by atoms with Crippen LogP contribution in [0.5, 0.6) is 5.75 Å². The Morgan fingerprint density at radius 2 is 1.57 bits per heavy atom. The second kappa shape index (κ2) is 8.09. The van der Waals surface area contributed by atoms with E-state index in [-0.39, 0.29) is 11.8 Å². The van der Waals surface area contributed by atoms with Crippen LogP contribution in [0.2, 0.25) is 0 Å². The number of amides is 3. The maximum atomic E-state index is 13.8. The van der Waals surface area contributed by atoms with Crippen LogP contribution < -0.4 is 15.0 Å². The Hall–Kier alpha value is -4.46. The number of ether oxygens (including phenoxy) is 1. The van der Waals surface area contributed by atoms with E-state index in [2.05, 4.69) is 10.4 Å². The van der Waals surface area contributed by atoms with Crippen molar-refractivity contribution in [2.45, 2.75) is 12.1 Å². The quantitative estimate of drug-likeness (QED) is 0.597. The fourth-order valence-corrected chi connectivity index (χ4v) is 5.39. The predicted molar refractivity (Wildman–Crippen MR) is 130 cm³/mol. The molecule has 0 aromatic heterocycles. The van der Waals surface area contributed by atoms with Crippen molar-refractivity contribution >= 4 is 35.3 Å². The Labute approximate surface area is 201 Å². The maximum Gasteiger partial charge on any atom is 0.249 e. The van der Waals surface area contributed by atoms with Crippen LogP contribution >= 0.6 is 0 Å². The molecule has 174 valence electrons. The molecule has 8 nitrogen and oxygen atoms in total. The molecule has 3 aromatic rings. The highest BCUT2D eigenvalue weighted by atomic mass is 16.5. The van der Waals surface area contributed by atoms with Gasteiger partial charge in [0.05, 0.1) is 36.9 Å². The third-order valence-electron chi connectivity index (χ3n) is 6.93. The Morgan fingerprint density at radius 1 is 0.886 bits per heavy atom. The number of methoxy groups -OCH3 is 1. The summed E-state index contributed by atoms with van der Waals surface area (Å²) < 4.78 is 5.21. The van der Waals surface area contributed by atoms with Gasteiger partial charge in [-0.25, -0.2) is 4.90 Å². The van der Waals surface area contributed by atoms with Gasteiger partial charge < -0.3 is 10.1 Å². The fourth-order valence-electron chi connectivity index (χ4n) is 5.39. The van der Waals surface area contributed by atoms with E-state index in [1.807, 2.05) is 42.5 Å². The molecule has 2 saturated heterocycles. The number of carbonyl (C=O) groups excluding carboxylic acids is 3. The number of hydrogen-bond donors (Lipinski definition) is 1. The first-order valence-electron chi connectivity index (χ1n) is 11.4. The molecule has 2 fully saturated rings. The number of fused-ring (bicyclic) bond motifs is 5. The van der Waals surface area contributed by atoms with E-state index in [0.29, 0.717) is 17.1 Å². The SMILES string of the molecule is COc1ccc(N2C(=O)[C@@H]3[C@H](C2=O)[C@H]2c4ccccc4C=NN2[C@@H]3C(=O)Nc2ccccc2)cc1. The average molecular weight is 466 g/mol. The summed E-state index contributed by atoms with van der Waals surface area (Å²) in [4.78, 5) is 42.4. The molecule has 0 saturated carbocycles. The van der Waals surface area contributed by atoms with Gasteiger partial charge in [-0.05, 0) is 47.5 Å². The van der Waals surface area contributed by atoms with Crippen molar-refractivity contribution in [2.24, 2.45) is 16.9 Å². The lowest BCUT2D eigenvalue weighted by Gasteiger charge is -2.33. The molecule has 4 atom stereocenters. The maximum absolute atomic E-state index is 13.8. The number of benzene rings is 3. The van der Waals surface area contributed by atoms with Gasteiger partial charge in [0, 0.05) is 5.69 Å². The van der Waals surface area contributed by atoms with Crippen molar-refractivity contribution in [3.8, 4) is 5.75 Å². The molecule has 0 spiro atoms. The summed E-state index contributed by atoms with van der Waals surface area (Å²) in [6.45, 7) is 0. The van der Waals surface area contributed by atoms with E-state index in [0.717, 1.165) is 11.1 Å². The first kappa shape index (κ1) is 21.1. The van der Waals surface area contributed by atoms with Crippen molar-refractivity contribution in [1.29, 1.82) is 0 Å². The summed E-state index contributed by atoms with van der Waals surface area (Å²) in [7, 11) is 1.55. The Morgan fingerprint density at radius 3 is 2.31 bits per heavy atom. The number of hydrogen-bond acceptors (Lipinski definition) is 6. The molecule has 1 N–H and O–H groups in total. The van der Waals surface area contributed by atoms with Crippen LogP contribution in [-0.4, -0.2) is 42.1 Å². The second-order valence-corrected chi connectivity index (χ2v) is 8.76. The standard InChI is InChI=1S/C27H22N4O4/c1-35-19-13-11-18(12-14-19)30-26(33)21-22(27(30)34)24(25(32)29-17-8-3-2-4-9-17)31-23(21)20-10-6-5-7-16(20)15-28-31/h2-15,21-24H,1H3,(H,29,32)/t21-,22+,23+,24-/m0/s1. The minimum atomic E-state index is -0.936. The molecule has 0 bridgehead atoms. The number of imide groups is 1. The van der Waals surface area contributed by atoms with Crippen molar-refractivity contribution in [2.75, 3.05) is 17.3 Å². The van der Waals surface area contributed by atoms with E-state index in [9.17, 15) is 14.4 Å². The van der Waals surface area contributed by atoms with E-state index in [1.165, 1.54) is 4.90 Å². The molecule has 3 heterocycles. The van der Waals surface area contributed by atoms with E-state index in [1.54, 1.807) is 54.7 Å². The van der Waals surface area contributed by atoms with E-state index >= 15 is 0 Å². The van der Waals surface area contributed by atoms with Crippen LogP contribution in [-0.2, 0) is 14.4 Å². The molecule has 3 aliphatic heterocycles. The van der Waals surface area contributed by atoms with Gasteiger partial charge in [0.15, 0.2) is 0 Å². The normalized spacial score (nSPS) is 24.1. The van der Waals surface area contributed by atoms with Crippen molar-refractivity contribution in [3.05, 3.63) is 90.0 Å². The Kier molecular flexibility index (Phi) is 4.88. The van der Waals surface area contributed by atoms with Gasteiger partial charge in [0.25, 0.3) is 0 Å². The molecule has 0 radical (unpaired) electrons. The minimum absolute atomic E-state index is 0.331. The van der Waals surface area contributed by atoms with Crippen LogP contribution in [0.4, 0.5) is 11.4 Å². The predicted octanol–water partition coefficient (Wildman–Crippen LogP) is 3.21. The van der Waals surface area contributed by atoms with Crippen LogP contribution in [0, 0.1) is 11.8 Å². The third-order valence-corrected chi connectivity index (χ3v) is 6.93. The number of rotatable bonds is 4. The van der Waals surface area contributed by atoms with Gasteiger partial charge in [-0.3, -0.25) is 19.4 Å². The lowest BCUT2D eigenvalue weighted by Crippen LogP contribution is -2.46. The minimum Gasteiger partial charge on any atom is -0.497 e. The molecular formula is C27H22N4O4. The molecular weight excluding hydrogens is 444 g/mol. The summed E-state index contributed by atoms with van der Waals surface area (Å²) in [5.74, 6) is -2.10. The van der Waals surface area contributed by atoms with Crippen LogP contribution in [0.15, 0.2) is 84.0 Å². The van der Waals surface area contributed by atoms with Crippen LogP contribution in [0.25, 0.3) is 0 Å². The lowest BCUT2D eigenvalue weighted by molar-refractivity contribution is -0.129. The monoisotopic (exact) mass is 466 g/mol. The highest BCUT2D eigenvalue weighted by molar-refractivity contribution is 6.24. The van der Waals surface area contributed by atoms with Crippen molar-refractivity contribution in [1.82, 2.24) is 5.01 Å². The number of para-hydroxylation sites is 1. The summed E-state index contributed by atoms with van der Waals surface area (Å²) >= 11 is 0. The Balaban J connectivity index is 1.43. The first-order valence-corrected chi connectivity index (χ1v) is 11.4. The van der Waals surface area contributed by atoms with E-state index < -0.39 is 29.8 Å². The number of nitrogens with one attached hydrogen (secondary N) is 1. The molecule has 3 amide bonds. The second-order valence-electron chi connectivity index (χ2n) is 8.76. The summed E-state index contributed by atoms with van der Waals surface area (Å²) in [6, 6.07) is 22.0. The van der Waals surface area contributed by atoms with Crippen molar-refractivity contribution < 1.29 is 19.1 Å². The lowest BCUT2D eigenvalue weighted by atomic mass is 9.85. The Bertz CT molecular complexity index is 1360. The topological polar surface area (TPSA) is 91.3 Å². The molecule has 6 rings (SSSR count). The molecule has 0 aliphatic carbocycles. The van der Waals surface area contributed by atoms with E-state index in [4.69, 9.17) is 4.74 Å². The zero-order valence-electron chi connectivity index (χ0n) is 18.9. The molecule has 3 aliphatic rings.